The van der Waals surface area contributed by atoms with Crippen molar-refractivity contribution in [2.24, 2.45) is 0 Å². The Bertz CT molecular complexity index is 985. The van der Waals surface area contributed by atoms with Crippen molar-refractivity contribution in [1.82, 2.24) is 19.7 Å². The van der Waals surface area contributed by atoms with Gasteiger partial charge < -0.3 is 4.74 Å². The topological polar surface area (TPSA) is 99.0 Å². The van der Waals surface area contributed by atoms with Crippen molar-refractivity contribution in [2.75, 3.05) is 4.72 Å². The summed E-state index contributed by atoms with van der Waals surface area (Å²) in [5.74, 6) is 0.0970. The third-order valence-corrected chi connectivity index (χ3v) is 5.03. The van der Waals surface area contributed by atoms with Gasteiger partial charge >= 0.3 is 0 Å². The summed E-state index contributed by atoms with van der Waals surface area (Å²) in [5.41, 5.74) is 2.54. The van der Waals surface area contributed by atoms with E-state index in [1.807, 2.05) is 0 Å². The number of aromatic nitrogens is 4. The molecule has 4 rings (SSSR count). The van der Waals surface area contributed by atoms with Gasteiger partial charge in [0, 0.05) is 6.20 Å². The molecule has 3 heterocycles. The molecule has 1 aliphatic rings. The predicted octanol–water partition coefficient (Wildman–Crippen LogP) is 1.49. The van der Waals surface area contributed by atoms with Crippen LogP contribution < -0.4 is 4.72 Å². The molecule has 0 fully saturated rings. The lowest BCUT2D eigenvalue weighted by atomic mass is 10.1. The van der Waals surface area contributed by atoms with Crippen LogP contribution in [0.2, 0.25) is 0 Å². The van der Waals surface area contributed by atoms with Gasteiger partial charge in [0.25, 0.3) is 10.0 Å². The molecule has 1 N–H and O–H groups in total. The smallest absolute Gasteiger partial charge is 0.264 e. The average molecular weight is 343 g/mol. The first-order valence-corrected chi connectivity index (χ1v) is 8.64. The second-order valence-electron chi connectivity index (χ2n) is 5.26. The molecule has 1 aliphatic heterocycles. The number of hydrogen-bond acceptors (Lipinski definition) is 6. The van der Waals surface area contributed by atoms with E-state index in [1.165, 1.54) is 10.9 Å². The van der Waals surface area contributed by atoms with Crippen LogP contribution in [0.25, 0.3) is 5.69 Å². The van der Waals surface area contributed by atoms with Crippen molar-refractivity contribution in [3.05, 3.63) is 60.2 Å². The van der Waals surface area contributed by atoms with Crippen LogP contribution in [0.4, 0.5) is 5.95 Å². The van der Waals surface area contributed by atoms with E-state index in [2.05, 4.69) is 19.9 Å². The molecule has 0 spiro atoms. The van der Waals surface area contributed by atoms with E-state index in [-0.39, 0.29) is 10.8 Å². The van der Waals surface area contributed by atoms with Crippen LogP contribution in [-0.4, -0.2) is 28.2 Å². The molecular formula is C15H13N5O3S. The fourth-order valence-corrected chi connectivity index (χ4v) is 3.53. The molecule has 0 radical (unpaired) electrons. The van der Waals surface area contributed by atoms with Gasteiger partial charge in [-0.05, 0) is 35.4 Å². The Morgan fingerprint density at radius 2 is 2.04 bits per heavy atom. The van der Waals surface area contributed by atoms with Crippen LogP contribution in [0.15, 0.2) is 53.9 Å². The number of sulfonamides is 1. The van der Waals surface area contributed by atoms with E-state index < -0.39 is 10.0 Å². The van der Waals surface area contributed by atoms with Crippen LogP contribution in [0.3, 0.4) is 0 Å². The van der Waals surface area contributed by atoms with E-state index in [1.54, 1.807) is 42.7 Å². The highest BCUT2D eigenvalue weighted by Gasteiger charge is 2.21. The Morgan fingerprint density at radius 1 is 1.17 bits per heavy atom. The number of pyridine rings is 1. The zero-order chi connectivity index (χ0) is 16.6. The van der Waals surface area contributed by atoms with E-state index >= 15 is 0 Å². The van der Waals surface area contributed by atoms with Crippen LogP contribution in [0, 0.1) is 0 Å². The highest BCUT2D eigenvalue weighted by molar-refractivity contribution is 7.92. The SMILES string of the molecule is O=S(=O)(Nc1nncn1-c1cccnc1)c1ccc2c(c1)COC2. The van der Waals surface area contributed by atoms with E-state index in [0.29, 0.717) is 18.9 Å². The minimum atomic E-state index is -3.78. The fourth-order valence-electron chi connectivity index (χ4n) is 2.48. The maximum atomic E-state index is 12.6. The van der Waals surface area contributed by atoms with Crippen molar-refractivity contribution in [2.45, 2.75) is 18.1 Å². The second-order valence-corrected chi connectivity index (χ2v) is 6.95. The molecular weight excluding hydrogens is 330 g/mol. The molecule has 0 amide bonds. The number of benzene rings is 1. The number of nitrogens with one attached hydrogen (secondary N) is 1. The first kappa shape index (κ1) is 14.8. The summed E-state index contributed by atoms with van der Waals surface area (Å²) in [6.07, 6.45) is 4.64. The molecule has 0 atom stereocenters. The number of hydrogen-bond donors (Lipinski definition) is 1. The standard InChI is InChI=1S/C15H13N5O3S/c21-24(22,14-4-3-11-8-23-9-12(11)6-14)19-15-18-17-10-20(15)13-2-1-5-16-7-13/h1-7,10H,8-9H2,(H,18,19). The van der Waals surface area contributed by atoms with Gasteiger partial charge in [-0.3, -0.25) is 9.55 Å². The van der Waals surface area contributed by atoms with Gasteiger partial charge in [-0.1, -0.05) is 6.07 Å². The molecule has 8 nitrogen and oxygen atoms in total. The van der Waals surface area contributed by atoms with Gasteiger partial charge in [0.1, 0.15) is 6.33 Å². The summed E-state index contributed by atoms with van der Waals surface area (Å²) >= 11 is 0. The van der Waals surface area contributed by atoms with E-state index in [0.717, 1.165) is 11.1 Å². The Hall–Kier alpha value is -2.78. The van der Waals surface area contributed by atoms with Gasteiger partial charge in [-0.15, -0.1) is 10.2 Å². The Balaban J connectivity index is 1.67. The summed E-state index contributed by atoms with van der Waals surface area (Å²) < 4.78 is 34.6. The first-order chi connectivity index (χ1) is 11.6. The van der Waals surface area contributed by atoms with Crippen molar-refractivity contribution in [3.63, 3.8) is 0 Å². The van der Waals surface area contributed by atoms with Gasteiger partial charge in [0.15, 0.2) is 0 Å². The van der Waals surface area contributed by atoms with Crippen LogP contribution in [-0.2, 0) is 28.0 Å². The third kappa shape index (κ3) is 2.63. The van der Waals surface area contributed by atoms with Gasteiger partial charge in [0.2, 0.25) is 5.95 Å². The number of rotatable bonds is 4. The number of ether oxygens (including phenoxy) is 1. The highest BCUT2D eigenvalue weighted by atomic mass is 32.2. The largest absolute Gasteiger partial charge is 0.372 e. The molecule has 122 valence electrons. The maximum Gasteiger partial charge on any atom is 0.264 e. The summed E-state index contributed by atoms with van der Waals surface area (Å²) in [6.45, 7) is 0.934. The summed E-state index contributed by atoms with van der Waals surface area (Å²) in [4.78, 5) is 4.17. The molecule has 24 heavy (non-hydrogen) atoms. The van der Waals surface area contributed by atoms with Crippen molar-refractivity contribution in [1.29, 1.82) is 0 Å². The third-order valence-electron chi connectivity index (χ3n) is 3.70. The summed E-state index contributed by atoms with van der Waals surface area (Å²) in [5, 5.41) is 7.62. The molecule has 9 heteroatoms. The molecule has 2 aromatic heterocycles. The van der Waals surface area contributed by atoms with Crippen molar-refractivity contribution in [3.8, 4) is 5.69 Å². The molecule has 0 saturated heterocycles. The molecule has 3 aromatic rings. The highest BCUT2D eigenvalue weighted by Crippen LogP contribution is 2.24. The monoisotopic (exact) mass is 343 g/mol. The van der Waals surface area contributed by atoms with Crippen LogP contribution >= 0.6 is 0 Å². The van der Waals surface area contributed by atoms with Crippen LogP contribution in [0.1, 0.15) is 11.1 Å². The molecule has 0 saturated carbocycles. The zero-order valence-electron chi connectivity index (χ0n) is 12.5. The average Bonchev–Trinajstić information content (AvgIpc) is 3.23. The fraction of sp³-hybridized carbons (Fsp3) is 0.133. The van der Waals surface area contributed by atoms with E-state index in [9.17, 15) is 8.42 Å². The molecule has 0 bridgehead atoms. The van der Waals surface area contributed by atoms with Gasteiger partial charge in [-0.2, -0.15) is 0 Å². The van der Waals surface area contributed by atoms with Crippen LogP contribution in [0.5, 0.6) is 0 Å². The number of anilines is 1. The number of fused-ring (bicyclic) bond motifs is 1. The molecule has 1 aromatic carbocycles. The lowest BCUT2D eigenvalue weighted by Crippen LogP contribution is -2.16. The normalized spacial score (nSPS) is 13.7. The summed E-state index contributed by atoms with van der Waals surface area (Å²) in [7, 11) is -3.78. The Labute approximate surface area is 138 Å². The predicted molar refractivity (Wildman–Crippen MR) is 84.9 cm³/mol. The summed E-state index contributed by atoms with van der Waals surface area (Å²) in [6, 6.07) is 8.47. The lowest BCUT2D eigenvalue weighted by Gasteiger charge is -2.10. The maximum absolute atomic E-state index is 12.6. The van der Waals surface area contributed by atoms with Gasteiger partial charge in [-0.25, -0.2) is 13.1 Å². The van der Waals surface area contributed by atoms with Crippen molar-refractivity contribution >= 4 is 16.0 Å². The van der Waals surface area contributed by atoms with E-state index in [4.69, 9.17) is 4.74 Å². The first-order valence-electron chi connectivity index (χ1n) is 7.16. The van der Waals surface area contributed by atoms with Crippen molar-refractivity contribution < 1.29 is 13.2 Å². The molecule has 0 unspecified atom stereocenters. The van der Waals surface area contributed by atoms with Gasteiger partial charge in [0.05, 0.1) is 30.0 Å². The Morgan fingerprint density at radius 3 is 2.88 bits per heavy atom. The Kier molecular flexibility index (Phi) is 3.51. The minimum absolute atomic E-state index is 0.0970. The zero-order valence-corrected chi connectivity index (χ0v) is 13.3. The molecule has 0 aliphatic carbocycles. The quantitative estimate of drug-likeness (QED) is 0.770. The second kappa shape index (κ2) is 5.69. The minimum Gasteiger partial charge on any atom is -0.372 e. The number of nitrogens with zero attached hydrogens (tertiary/aromatic N) is 4. The lowest BCUT2D eigenvalue weighted by molar-refractivity contribution is 0.134.